The van der Waals surface area contributed by atoms with Gasteiger partial charge in [-0.05, 0) is 6.42 Å². The van der Waals surface area contributed by atoms with Crippen molar-refractivity contribution < 1.29 is 9.90 Å². The zero-order valence-electron chi connectivity index (χ0n) is 14.9. The molecule has 0 atom stereocenters. The Morgan fingerprint density at radius 3 is 1.18 bits per heavy atom. The van der Waals surface area contributed by atoms with Gasteiger partial charge in [0.05, 0.1) is 0 Å². The summed E-state index contributed by atoms with van der Waals surface area (Å²) in [7, 11) is 0. The maximum atomic E-state index is 10.3. The molecule has 0 spiro atoms. The van der Waals surface area contributed by atoms with Crippen LogP contribution in [-0.2, 0) is 4.79 Å². The average molecular weight is 382 g/mol. The van der Waals surface area contributed by atoms with Gasteiger partial charge < -0.3 is 11.3 Å². The molecule has 4 heteroatoms. The van der Waals surface area contributed by atoms with E-state index in [0.717, 1.165) is 12.8 Å². The van der Waals surface area contributed by atoms with Crippen molar-refractivity contribution in [1.29, 1.82) is 0 Å². The predicted molar refractivity (Wildman–Crippen MR) is 101 cm³/mol. The van der Waals surface area contributed by atoms with Crippen LogP contribution < -0.4 is 6.15 Å². The molecule has 0 fully saturated rings. The third-order valence-corrected chi connectivity index (χ3v) is 3.99. The summed E-state index contributed by atoms with van der Waals surface area (Å²) in [6.07, 6.45) is 20.2. The first-order chi connectivity index (χ1) is 9.77. The minimum atomic E-state index is -0.653. The van der Waals surface area contributed by atoms with Crippen molar-refractivity contribution in [2.24, 2.45) is 0 Å². The van der Waals surface area contributed by atoms with Gasteiger partial charge in [0.25, 0.3) is 0 Å². The van der Waals surface area contributed by atoms with Crippen LogP contribution in [0.3, 0.4) is 0 Å². The summed E-state index contributed by atoms with van der Waals surface area (Å²) >= 11 is 0. The zero-order valence-corrected chi connectivity index (χ0v) is 17.0. The van der Waals surface area contributed by atoms with Crippen LogP contribution in [0.1, 0.15) is 110 Å². The van der Waals surface area contributed by atoms with E-state index in [4.69, 9.17) is 5.11 Å². The molecule has 0 saturated carbocycles. The van der Waals surface area contributed by atoms with Gasteiger partial charge in [-0.25, -0.2) is 0 Å². The van der Waals surface area contributed by atoms with Crippen LogP contribution in [0.4, 0.5) is 0 Å². The number of unbranched alkanes of at least 4 members (excludes halogenated alkanes) is 14. The average Bonchev–Trinajstić information content (AvgIpc) is 2.43. The van der Waals surface area contributed by atoms with Crippen molar-refractivity contribution in [3.05, 3.63) is 0 Å². The van der Waals surface area contributed by atoms with E-state index < -0.39 is 5.97 Å². The second kappa shape index (κ2) is 23.2. The fourth-order valence-corrected chi connectivity index (χ4v) is 2.65. The van der Waals surface area contributed by atoms with E-state index >= 15 is 0 Å². The summed E-state index contributed by atoms with van der Waals surface area (Å²) in [5.74, 6) is -0.653. The van der Waals surface area contributed by atoms with E-state index in [1.54, 1.807) is 0 Å². The van der Waals surface area contributed by atoms with Gasteiger partial charge in [0.2, 0.25) is 0 Å². The summed E-state index contributed by atoms with van der Waals surface area (Å²) in [4.78, 5) is 10.3. The summed E-state index contributed by atoms with van der Waals surface area (Å²) in [6.45, 7) is 2.27. The van der Waals surface area contributed by atoms with Crippen molar-refractivity contribution in [2.45, 2.75) is 110 Å². The van der Waals surface area contributed by atoms with Gasteiger partial charge in [0, 0.05) is 6.42 Å². The first kappa shape index (κ1) is 26.8. The van der Waals surface area contributed by atoms with Crippen LogP contribution >= 0.6 is 0 Å². The molecule has 3 nitrogen and oxygen atoms in total. The van der Waals surface area contributed by atoms with Crippen LogP contribution in [0, 0.1) is 0 Å². The van der Waals surface area contributed by atoms with E-state index in [1.165, 1.54) is 83.5 Å². The second-order valence-corrected chi connectivity index (χ2v) is 6.09. The monoisotopic (exact) mass is 383 g/mol. The minimum absolute atomic E-state index is 0. The molecule has 0 bridgehead atoms. The molecule has 0 radical (unpaired) electrons. The fraction of sp³-hybridized carbons (Fsp3) is 0.944. The van der Waals surface area contributed by atoms with Gasteiger partial charge in [-0.15, -0.1) is 0 Å². The number of carboxylic acid groups (broad SMARTS) is 1. The summed E-state index contributed by atoms with van der Waals surface area (Å²) in [6, 6.07) is 0. The molecule has 0 aromatic rings. The first-order valence-corrected chi connectivity index (χ1v) is 8.99. The normalized spacial score (nSPS) is 9.86. The van der Waals surface area contributed by atoms with Crippen LogP contribution in [0.25, 0.3) is 0 Å². The summed E-state index contributed by atoms with van der Waals surface area (Å²) < 4.78 is 0. The number of carbonyl (C=O) groups is 1. The molecule has 22 heavy (non-hydrogen) atoms. The molecule has 0 rings (SSSR count). The van der Waals surface area contributed by atoms with Crippen LogP contribution in [-0.4, -0.2) is 28.1 Å². The molecule has 0 aliphatic rings. The number of hydrogen-bond donors (Lipinski definition) is 2. The Kier molecular flexibility index (Phi) is 28.3. The van der Waals surface area contributed by atoms with Crippen molar-refractivity contribution >= 4 is 23.0 Å². The van der Waals surface area contributed by atoms with Gasteiger partial charge in [0.15, 0.2) is 0 Å². The van der Waals surface area contributed by atoms with Crippen molar-refractivity contribution in [1.82, 2.24) is 6.15 Å². The van der Waals surface area contributed by atoms with Gasteiger partial charge in [0.1, 0.15) is 0 Å². The molecule has 0 saturated heterocycles. The summed E-state index contributed by atoms with van der Waals surface area (Å²) in [5, 5.41) is 8.52. The Hall–Kier alpha value is -0.0505. The molecule has 0 aromatic carbocycles. The molecular formula is C18H41NO2Se. The van der Waals surface area contributed by atoms with Gasteiger partial charge in [-0.3, -0.25) is 4.79 Å². The maximum absolute atomic E-state index is 10.3. The fourth-order valence-electron chi connectivity index (χ4n) is 2.65. The molecular weight excluding hydrogens is 341 g/mol. The molecule has 0 amide bonds. The van der Waals surface area contributed by atoms with Gasteiger partial charge in [-0.2, -0.15) is 0 Å². The van der Waals surface area contributed by atoms with E-state index in [0.29, 0.717) is 6.42 Å². The molecule has 4 N–H and O–H groups in total. The van der Waals surface area contributed by atoms with Gasteiger partial charge >= 0.3 is 23.0 Å². The first-order valence-electron chi connectivity index (χ1n) is 8.99. The number of aliphatic carboxylic acids is 1. The van der Waals surface area contributed by atoms with Crippen molar-refractivity contribution in [2.75, 3.05) is 0 Å². The zero-order chi connectivity index (χ0) is 14.9. The Balaban J connectivity index is -0.00000180. The number of hydrogen-bond acceptors (Lipinski definition) is 2. The molecule has 0 unspecified atom stereocenters. The van der Waals surface area contributed by atoms with Crippen LogP contribution in [0.5, 0.6) is 0 Å². The van der Waals surface area contributed by atoms with Crippen LogP contribution in [0.15, 0.2) is 0 Å². The molecule has 0 aliphatic heterocycles. The molecule has 0 heterocycles. The second-order valence-electron chi connectivity index (χ2n) is 6.09. The Bertz CT molecular complexity index is 213. The molecule has 136 valence electrons. The SMILES string of the molecule is CCCCCCCCCCCCCCCCCC(=O)O.N.[SeH2]. The Labute approximate surface area is 149 Å². The molecule has 0 aliphatic carbocycles. The Morgan fingerprint density at radius 1 is 0.636 bits per heavy atom. The van der Waals surface area contributed by atoms with E-state index in [9.17, 15) is 4.79 Å². The van der Waals surface area contributed by atoms with Crippen molar-refractivity contribution in [3.8, 4) is 0 Å². The number of carboxylic acids is 1. The van der Waals surface area contributed by atoms with Crippen molar-refractivity contribution in [3.63, 3.8) is 0 Å². The van der Waals surface area contributed by atoms with Crippen LogP contribution in [0.2, 0.25) is 0 Å². The molecule has 0 aromatic heterocycles. The Morgan fingerprint density at radius 2 is 0.909 bits per heavy atom. The van der Waals surface area contributed by atoms with E-state index in [-0.39, 0.29) is 23.2 Å². The topological polar surface area (TPSA) is 72.3 Å². The predicted octanol–water partition coefficient (Wildman–Crippen LogP) is 5.58. The van der Waals surface area contributed by atoms with E-state index in [1.807, 2.05) is 0 Å². The summed E-state index contributed by atoms with van der Waals surface area (Å²) in [5.41, 5.74) is 0. The van der Waals surface area contributed by atoms with E-state index in [2.05, 4.69) is 6.92 Å². The number of rotatable bonds is 16. The third kappa shape index (κ3) is 24.9. The quantitative estimate of drug-likeness (QED) is 0.270. The third-order valence-electron chi connectivity index (χ3n) is 3.99. The standard InChI is InChI=1S/C18H36O2.H3N.H2Se/c1-2-3-4-5-6-7-8-9-10-11-12-13-14-15-16-17-18(19)20;;/h2-17H2,1H3,(H,19,20);1H3;1H2. The van der Waals surface area contributed by atoms with Gasteiger partial charge in [-0.1, -0.05) is 96.8 Å².